The van der Waals surface area contributed by atoms with E-state index in [1.54, 1.807) is 11.3 Å². The van der Waals surface area contributed by atoms with Crippen LogP contribution in [-0.4, -0.2) is 0 Å². The van der Waals surface area contributed by atoms with Gasteiger partial charge in [0.2, 0.25) is 0 Å². The van der Waals surface area contributed by atoms with E-state index < -0.39 is 0 Å². The molecule has 0 N–H and O–H groups in total. The first kappa shape index (κ1) is 11.9. The average Bonchev–Trinajstić information content (AvgIpc) is 2.84. The molecule has 0 amide bonds. The number of rotatable bonds is 3. The summed E-state index contributed by atoms with van der Waals surface area (Å²) in [7, 11) is 0. The molecule has 0 aliphatic rings. The van der Waals surface area contributed by atoms with Crippen molar-refractivity contribution in [2.45, 2.75) is 18.7 Å². The second-order valence-electron chi connectivity index (χ2n) is 3.20. The zero-order chi connectivity index (χ0) is 10.8. The summed E-state index contributed by atoms with van der Waals surface area (Å²) in [5, 5.41) is 2.17. The fourth-order valence-corrected chi connectivity index (χ4v) is 4.11. The first-order valence-corrected chi connectivity index (χ1v) is 7.88. The van der Waals surface area contributed by atoms with Gasteiger partial charge in [-0.2, -0.15) is 0 Å². The zero-order valence-corrected chi connectivity index (χ0v) is 12.7. The van der Waals surface area contributed by atoms with Crippen LogP contribution in [-0.2, 0) is 6.42 Å². The maximum absolute atomic E-state index is 6.43. The topological polar surface area (TPSA) is 0 Å². The van der Waals surface area contributed by atoms with Crippen molar-refractivity contribution in [3.63, 3.8) is 0 Å². The largest absolute Gasteiger partial charge is 0.143 e. The van der Waals surface area contributed by atoms with E-state index in [1.165, 1.54) is 18.2 Å². The van der Waals surface area contributed by atoms with Crippen LogP contribution < -0.4 is 0 Å². The molecule has 4 heteroatoms. The third-order valence-corrected chi connectivity index (χ3v) is 5.88. The molecule has 15 heavy (non-hydrogen) atoms. The molecule has 2 heterocycles. The molecule has 0 saturated carbocycles. The number of halogens is 2. The van der Waals surface area contributed by atoms with Crippen LogP contribution in [0.15, 0.2) is 23.6 Å². The van der Waals surface area contributed by atoms with E-state index in [4.69, 9.17) is 11.6 Å². The van der Waals surface area contributed by atoms with Crippen LogP contribution in [0, 0.1) is 2.88 Å². The van der Waals surface area contributed by atoms with Crippen LogP contribution in [0.1, 0.15) is 27.6 Å². The minimum absolute atomic E-state index is 0.0232. The summed E-state index contributed by atoms with van der Waals surface area (Å²) in [6.07, 6.45) is 1.09. The maximum atomic E-state index is 6.43. The third-order valence-electron chi connectivity index (χ3n) is 2.16. The minimum Gasteiger partial charge on any atom is -0.143 e. The highest BCUT2D eigenvalue weighted by molar-refractivity contribution is 14.1. The van der Waals surface area contributed by atoms with Crippen molar-refractivity contribution in [1.82, 2.24) is 0 Å². The monoisotopic (exact) mass is 368 g/mol. The Morgan fingerprint density at radius 2 is 2.27 bits per heavy atom. The third kappa shape index (κ3) is 2.75. The molecule has 0 spiro atoms. The standard InChI is InChI=1S/C11H10ClIS2/c1-2-8-3-4-9(15-8)11(12)7-5-10(13)14-6-7/h3-6,11H,2H2,1H3. The van der Waals surface area contributed by atoms with E-state index in [0.717, 1.165) is 6.42 Å². The second-order valence-corrected chi connectivity index (χ2v) is 7.65. The van der Waals surface area contributed by atoms with Crippen molar-refractivity contribution < 1.29 is 0 Å². The van der Waals surface area contributed by atoms with Gasteiger partial charge in [0, 0.05) is 9.75 Å². The van der Waals surface area contributed by atoms with Crippen molar-refractivity contribution >= 4 is 56.9 Å². The molecule has 2 aromatic rings. The van der Waals surface area contributed by atoms with Crippen molar-refractivity contribution in [2.75, 3.05) is 0 Å². The van der Waals surface area contributed by atoms with Gasteiger partial charge in [-0.25, -0.2) is 0 Å². The highest BCUT2D eigenvalue weighted by Crippen LogP contribution is 2.36. The Balaban J connectivity index is 2.23. The molecular formula is C11H10ClIS2. The van der Waals surface area contributed by atoms with Crippen molar-refractivity contribution in [3.8, 4) is 0 Å². The van der Waals surface area contributed by atoms with Crippen LogP contribution in [0.5, 0.6) is 0 Å². The average molecular weight is 369 g/mol. The summed E-state index contributed by atoms with van der Waals surface area (Å²) in [6.45, 7) is 2.17. The molecule has 0 bridgehead atoms. The molecule has 80 valence electrons. The molecule has 0 aliphatic carbocycles. The van der Waals surface area contributed by atoms with E-state index in [1.807, 2.05) is 11.3 Å². The number of thiophene rings is 2. The molecule has 0 fully saturated rings. The molecule has 1 unspecified atom stereocenters. The van der Waals surface area contributed by atoms with Gasteiger partial charge in [-0.3, -0.25) is 0 Å². The summed E-state index contributed by atoms with van der Waals surface area (Å²) in [4.78, 5) is 2.66. The Bertz CT molecular complexity index is 447. The fraction of sp³-hybridized carbons (Fsp3) is 0.273. The Kier molecular flexibility index (Phi) is 4.10. The fourth-order valence-electron chi connectivity index (χ4n) is 1.34. The summed E-state index contributed by atoms with van der Waals surface area (Å²) in [5.74, 6) is 0. The molecule has 2 aromatic heterocycles. The summed E-state index contributed by atoms with van der Waals surface area (Å²) < 4.78 is 1.29. The SMILES string of the molecule is CCc1ccc(C(Cl)c2csc(I)c2)s1. The molecule has 0 aromatic carbocycles. The van der Waals surface area contributed by atoms with Gasteiger partial charge >= 0.3 is 0 Å². The van der Waals surface area contributed by atoms with Crippen LogP contribution in [0.4, 0.5) is 0 Å². The maximum Gasteiger partial charge on any atom is 0.0936 e. The zero-order valence-electron chi connectivity index (χ0n) is 8.17. The van der Waals surface area contributed by atoms with Crippen molar-refractivity contribution in [1.29, 1.82) is 0 Å². The molecular weight excluding hydrogens is 359 g/mol. The minimum atomic E-state index is 0.0232. The lowest BCUT2D eigenvalue weighted by Crippen LogP contribution is -1.85. The normalized spacial score (nSPS) is 13.0. The first-order valence-electron chi connectivity index (χ1n) is 4.67. The van der Waals surface area contributed by atoms with E-state index in [2.05, 4.69) is 53.1 Å². The lowest BCUT2D eigenvalue weighted by atomic mass is 10.2. The smallest absolute Gasteiger partial charge is 0.0936 e. The van der Waals surface area contributed by atoms with Gasteiger partial charge in [-0.1, -0.05) is 6.92 Å². The molecule has 0 aliphatic heterocycles. The van der Waals surface area contributed by atoms with Crippen LogP contribution >= 0.6 is 56.9 Å². The summed E-state index contributed by atoms with van der Waals surface area (Å²) in [5.41, 5.74) is 1.22. The lowest BCUT2D eigenvalue weighted by Gasteiger charge is -2.03. The van der Waals surface area contributed by atoms with Crippen LogP contribution in [0.2, 0.25) is 0 Å². The summed E-state index contributed by atoms with van der Waals surface area (Å²) in [6, 6.07) is 6.48. The first-order chi connectivity index (χ1) is 7.20. The van der Waals surface area contributed by atoms with Gasteiger partial charge < -0.3 is 0 Å². The Hall–Kier alpha value is 0.420. The number of hydrogen-bond donors (Lipinski definition) is 0. The predicted octanol–water partition coefficient (Wildman–Crippen LogP) is 5.30. The predicted molar refractivity (Wildman–Crippen MR) is 78.4 cm³/mol. The van der Waals surface area contributed by atoms with Gasteiger partial charge in [-0.05, 0) is 58.2 Å². The van der Waals surface area contributed by atoms with Gasteiger partial charge in [-0.15, -0.1) is 34.3 Å². The second kappa shape index (κ2) is 5.17. The van der Waals surface area contributed by atoms with Crippen molar-refractivity contribution in [2.24, 2.45) is 0 Å². The van der Waals surface area contributed by atoms with E-state index >= 15 is 0 Å². The number of alkyl halides is 1. The molecule has 0 radical (unpaired) electrons. The van der Waals surface area contributed by atoms with E-state index in [9.17, 15) is 0 Å². The summed E-state index contributed by atoms with van der Waals surface area (Å²) >= 11 is 12.3. The molecule has 1 atom stereocenters. The van der Waals surface area contributed by atoms with Crippen LogP contribution in [0.3, 0.4) is 0 Å². The number of aryl methyl sites for hydroxylation is 1. The van der Waals surface area contributed by atoms with Crippen LogP contribution in [0.25, 0.3) is 0 Å². The van der Waals surface area contributed by atoms with E-state index in [0.29, 0.717) is 0 Å². The highest BCUT2D eigenvalue weighted by Gasteiger charge is 2.14. The Morgan fingerprint density at radius 3 is 2.80 bits per heavy atom. The Morgan fingerprint density at radius 1 is 1.47 bits per heavy atom. The van der Waals surface area contributed by atoms with Gasteiger partial charge in [0.25, 0.3) is 0 Å². The van der Waals surface area contributed by atoms with Crippen molar-refractivity contribution in [3.05, 3.63) is 41.8 Å². The van der Waals surface area contributed by atoms with Gasteiger partial charge in [0.15, 0.2) is 0 Å². The lowest BCUT2D eigenvalue weighted by molar-refractivity contribution is 1.19. The quantitative estimate of drug-likeness (QED) is 0.509. The molecule has 0 nitrogen and oxygen atoms in total. The number of hydrogen-bond acceptors (Lipinski definition) is 2. The molecule has 2 rings (SSSR count). The highest BCUT2D eigenvalue weighted by atomic mass is 127. The van der Waals surface area contributed by atoms with E-state index in [-0.39, 0.29) is 5.38 Å². The molecule has 0 saturated heterocycles. The van der Waals surface area contributed by atoms with Gasteiger partial charge in [0.05, 0.1) is 8.26 Å². The van der Waals surface area contributed by atoms with Gasteiger partial charge in [0.1, 0.15) is 0 Å². The Labute approximate surface area is 116 Å².